The second-order valence-corrected chi connectivity index (χ2v) is 9.18. The highest BCUT2D eigenvalue weighted by Crippen LogP contribution is 2.60. The molecule has 3 amide bonds. The topological polar surface area (TPSA) is 79.0 Å². The standard InChI is InChI=1S/C21H22ClN3O4/c22-11-5-6-14-13(9-11)21(20(28)23-14)17-16(15-4-1-7-25(15)21)18(26)24(19(17)27)10-12-3-2-8-29-12/h5-6,9,12,15-17H,1-4,7-8,10H2,(H,23,28)/t12-,15+,16+,17-,21+/m0/s1. The number of imide groups is 1. The molecule has 1 spiro atoms. The number of benzene rings is 1. The zero-order valence-corrected chi connectivity index (χ0v) is 16.7. The molecule has 4 fully saturated rings. The van der Waals surface area contributed by atoms with Gasteiger partial charge in [-0.3, -0.25) is 24.2 Å². The molecule has 0 aromatic heterocycles. The van der Waals surface area contributed by atoms with Gasteiger partial charge in [0, 0.05) is 28.9 Å². The summed E-state index contributed by atoms with van der Waals surface area (Å²) in [6.45, 7) is 1.66. The van der Waals surface area contributed by atoms with Crippen molar-refractivity contribution in [2.24, 2.45) is 11.8 Å². The molecular weight excluding hydrogens is 394 g/mol. The SMILES string of the molecule is O=C1[C@@H]2[C@H]3CCCN3[C@@]3(C(=O)Nc4ccc(Cl)cc43)[C@@H]2C(=O)N1C[C@@H]1CCCO1. The van der Waals surface area contributed by atoms with Crippen LogP contribution in [0.15, 0.2) is 18.2 Å². The molecular formula is C21H22ClN3O4. The summed E-state index contributed by atoms with van der Waals surface area (Å²) in [5, 5.41) is 3.48. The van der Waals surface area contributed by atoms with E-state index in [9.17, 15) is 14.4 Å². The predicted molar refractivity (Wildman–Crippen MR) is 104 cm³/mol. The third-order valence-corrected chi connectivity index (χ3v) is 7.69. The van der Waals surface area contributed by atoms with Gasteiger partial charge in [-0.1, -0.05) is 11.6 Å². The number of amides is 3. The Morgan fingerprint density at radius 2 is 2.03 bits per heavy atom. The molecule has 5 heterocycles. The summed E-state index contributed by atoms with van der Waals surface area (Å²) in [4.78, 5) is 44.0. The van der Waals surface area contributed by atoms with Crippen molar-refractivity contribution in [3.05, 3.63) is 28.8 Å². The van der Waals surface area contributed by atoms with Crippen LogP contribution in [0.25, 0.3) is 0 Å². The van der Waals surface area contributed by atoms with Crippen molar-refractivity contribution in [3.63, 3.8) is 0 Å². The Kier molecular flexibility index (Phi) is 3.71. The molecule has 6 rings (SSSR count). The molecule has 5 aliphatic rings. The van der Waals surface area contributed by atoms with E-state index < -0.39 is 17.4 Å². The Balaban J connectivity index is 1.48. The Morgan fingerprint density at radius 1 is 1.17 bits per heavy atom. The van der Waals surface area contributed by atoms with Crippen LogP contribution < -0.4 is 5.32 Å². The molecule has 1 aromatic carbocycles. The third-order valence-electron chi connectivity index (χ3n) is 7.46. The highest BCUT2D eigenvalue weighted by molar-refractivity contribution is 6.31. The fourth-order valence-corrected chi connectivity index (χ4v) is 6.58. The van der Waals surface area contributed by atoms with Gasteiger partial charge in [0.15, 0.2) is 0 Å². The second kappa shape index (κ2) is 6.03. The minimum Gasteiger partial charge on any atom is -0.376 e. The Hall–Kier alpha value is -1.96. The molecule has 1 aromatic rings. The molecule has 4 saturated heterocycles. The average Bonchev–Trinajstić information content (AvgIpc) is 3.47. The van der Waals surface area contributed by atoms with E-state index in [1.54, 1.807) is 18.2 Å². The lowest BCUT2D eigenvalue weighted by molar-refractivity contribution is -0.147. The molecule has 0 radical (unpaired) electrons. The van der Waals surface area contributed by atoms with Crippen molar-refractivity contribution in [1.82, 2.24) is 9.80 Å². The molecule has 0 aliphatic carbocycles. The fraction of sp³-hybridized carbons (Fsp3) is 0.571. The molecule has 0 unspecified atom stereocenters. The quantitative estimate of drug-likeness (QED) is 0.744. The summed E-state index contributed by atoms with van der Waals surface area (Å²) >= 11 is 6.29. The van der Waals surface area contributed by atoms with Crippen molar-refractivity contribution in [1.29, 1.82) is 0 Å². The second-order valence-electron chi connectivity index (χ2n) is 8.74. The minimum atomic E-state index is -1.15. The number of hydrogen-bond donors (Lipinski definition) is 1. The van der Waals surface area contributed by atoms with Crippen molar-refractivity contribution in [2.45, 2.75) is 43.4 Å². The molecule has 29 heavy (non-hydrogen) atoms. The number of fused-ring (bicyclic) bond motifs is 7. The number of nitrogens with one attached hydrogen (secondary N) is 1. The molecule has 152 valence electrons. The summed E-state index contributed by atoms with van der Waals surface area (Å²) in [7, 11) is 0. The van der Waals surface area contributed by atoms with Gasteiger partial charge in [0.25, 0.3) is 0 Å². The molecule has 5 atom stereocenters. The Morgan fingerprint density at radius 3 is 2.83 bits per heavy atom. The molecule has 0 bridgehead atoms. The highest BCUT2D eigenvalue weighted by Gasteiger charge is 2.74. The van der Waals surface area contributed by atoms with Crippen molar-refractivity contribution in [2.75, 3.05) is 25.0 Å². The smallest absolute Gasteiger partial charge is 0.250 e. The number of carbonyl (C=O) groups excluding carboxylic acids is 3. The van der Waals surface area contributed by atoms with Gasteiger partial charge in [-0.05, 0) is 50.4 Å². The number of hydrogen-bond acceptors (Lipinski definition) is 5. The first-order valence-corrected chi connectivity index (χ1v) is 10.8. The molecule has 7 nitrogen and oxygen atoms in total. The van der Waals surface area contributed by atoms with E-state index >= 15 is 0 Å². The number of ether oxygens (including phenoxy) is 1. The first-order valence-electron chi connectivity index (χ1n) is 10.4. The van der Waals surface area contributed by atoms with Gasteiger partial charge in [0.1, 0.15) is 5.54 Å². The average molecular weight is 416 g/mol. The van der Waals surface area contributed by atoms with Crippen LogP contribution in [0.4, 0.5) is 5.69 Å². The van der Waals surface area contributed by atoms with Gasteiger partial charge in [0.2, 0.25) is 17.7 Å². The summed E-state index contributed by atoms with van der Waals surface area (Å²) in [6, 6.07) is 5.21. The Labute approximate surface area is 173 Å². The van der Waals surface area contributed by atoms with E-state index in [0.717, 1.165) is 31.2 Å². The normalized spacial score (nSPS) is 38.1. The number of halogens is 1. The van der Waals surface area contributed by atoms with E-state index in [2.05, 4.69) is 10.2 Å². The van der Waals surface area contributed by atoms with Crippen molar-refractivity contribution in [3.8, 4) is 0 Å². The lowest BCUT2D eigenvalue weighted by Crippen LogP contribution is -2.54. The van der Waals surface area contributed by atoms with Gasteiger partial charge in [-0.25, -0.2) is 0 Å². The number of nitrogens with zero attached hydrogens (tertiary/aromatic N) is 2. The third kappa shape index (κ3) is 2.13. The maximum absolute atomic E-state index is 13.6. The summed E-state index contributed by atoms with van der Waals surface area (Å²) in [6.07, 6.45) is 3.43. The first kappa shape index (κ1) is 17.9. The van der Waals surface area contributed by atoms with Crippen LogP contribution in [-0.4, -0.2) is 59.4 Å². The number of rotatable bonds is 2. The van der Waals surface area contributed by atoms with Crippen LogP contribution in [0.2, 0.25) is 5.02 Å². The van der Waals surface area contributed by atoms with E-state index in [4.69, 9.17) is 16.3 Å². The summed E-state index contributed by atoms with van der Waals surface area (Å²) < 4.78 is 5.68. The highest BCUT2D eigenvalue weighted by atomic mass is 35.5. The molecule has 1 N–H and O–H groups in total. The van der Waals surface area contributed by atoms with Gasteiger partial charge >= 0.3 is 0 Å². The van der Waals surface area contributed by atoms with Gasteiger partial charge in [-0.15, -0.1) is 0 Å². The maximum atomic E-state index is 13.6. The zero-order chi connectivity index (χ0) is 19.9. The number of carbonyl (C=O) groups is 3. The van der Waals surface area contributed by atoms with Crippen molar-refractivity contribution >= 4 is 35.0 Å². The van der Waals surface area contributed by atoms with Gasteiger partial charge < -0.3 is 10.1 Å². The van der Waals surface area contributed by atoms with Crippen LogP contribution >= 0.6 is 11.6 Å². The largest absolute Gasteiger partial charge is 0.376 e. The van der Waals surface area contributed by atoms with E-state index in [-0.39, 0.29) is 36.4 Å². The molecule has 8 heteroatoms. The van der Waals surface area contributed by atoms with Gasteiger partial charge in [0.05, 0.1) is 24.5 Å². The van der Waals surface area contributed by atoms with E-state index in [0.29, 0.717) is 23.9 Å². The summed E-state index contributed by atoms with van der Waals surface area (Å²) in [5.74, 6) is -1.79. The molecule has 5 aliphatic heterocycles. The predicted octanol–water partition coefficient (Wildman–Crippen LogP) is 1.75. The first-order chi connectivity index (χ1) is 14.0. The maximum Gasteiger partial charge on any atom is 0.250 e. The van der Waals surface area contributed by atoms with E-state index in [1.165, 1.54) is 4.90 Å². The fourth-order valence-electron chi connectivity index (χ4n) is 6.41. The lowest BCUT2D eigenvalue weighted by atomic mass is 9.75. The van der Waals surface area contributed by atoms with Crippen LogP contribution in [0.5, 0.6) is 0 Å². The minimum absolute atomic E-state index is 0.0957. The molecule has 0 saturated carbocycles. The lowest BCUT2D eigenvalue weighted by Gasteiger charge is -2.36. The number of anilines is 1. The van der Waals surface area contributed by atoms with Crippen LogP contribution in [0, 0.1) is 11.8 Å². The number of likely N-dealkylation sites (tertiary alicyclic amines) is 1. The van der Waals surface area contributed by atoms with Crippen molar-refractivity contribution < 1.29 is 19.1 Å². The monoisotopic (exact) mass is 415 g/mol. The van der Waals surface area contributed by atoms with E-state index in [1.807, 2.05) is 0 Å². The van der Waals surface area contributed by atoms with Crippen LogP contribution in [-0.2, 0) is 24.7 Å². The van der Waals surface area contributed by atoms with Crippen LogP contribution in [0.3, 0.4) is 0 Å². The summed E-state index contributed by atoms with van der Waals surface area (Å²) in [5.41, 5.74) is 0.266. The van der Waals surface area contributed by atoms with Crippen LogP contribution in [0.1, 0.15) is 31.2 Å². The van der Waals surface area contributed by atoms with Gasteiger partial charge in [-0.2, -0.15) is 0 Å². The Bertz CT molecular complexity index is 946. The zero-order valence-electron chi connectivity index (χ0n) is 15.9.